The first-order chi connectivity index (χ1) is 13.9. The average molecular weight is 427 g/mol. The van der Waals surface area contributed by atoms with Gasteiger partial charge in [0.15, 0.2) is 16.3 Å². The summed E-state index contributed by atoms with van der Waals surface area (Å²) in [6.07, 6.45) is 0. The molecule has 6 nitrogen and oxygen atoms in total. The van der Waals surface area contributed by atoms with Gasteiger partial charge >= 0.3 is 5.69 Å². The summed E-state index contributed by atoms with van der Waals surface area (Å²) in [5, 5.41) is 1.37. The van der Waals surface area contributed by atoms with E-state index in [2.05, 4.69) is 16.0 Å². The number of rotatable bonds is 5. The molecule has 0 bridgehead atoms. The summed E-state index contributed by atoms with van der Waals surface area (Å²) < 4.78 is 3.25. The molecule has 0 radical (unpaired) electrons. The van der Waals surface area contributed by atoms with E-state index in [-0.39, 0.29) is 0 Å². The van der Waals surface area contributed by atoms with Crippen molar-refractivity contribution in [3.8, 4) is 0 Å². The number of imidazole rings is 1. The van der Waals surface area contributed by atoms with Crippen molar-refractivity contribution in [2.75, 3.05) is 0 Å². The summed E-state index contributed by atoms with van der Waals surface area (Å²) in [4.78, 5) is 31.6. The third kappa shape index (κ3) is 4.02. The second-order valence-corrected chi connectivity index (χ2v) is 8.25. The van der Waals surface area contributed by atoms with Crippen LogP contribution in [-0.4, -0.2) is 19.1 Å². The molecule has 0 amide bonds. The van der Waals surface area contributed by atoms with E-state index in [1.165, 1.54) is 16.3 Å². The first kappa shape index (κ1) is 19.5. The molecule has 0 aliphatic carbocycles. The second kappa shape index (κ2) is 7.93. The predicted molar refractivity (Wildman–Crippen MR) is 117 cm³/mol. The number of aromatic nitrogens is 4. The molecule has 2 heterocycles. The Labute approximate surface area is 176 Å². The number of hydrogen-bond acceptors (Lipinski definition) is 4. The number of halogens is 1. The van der Waals surface area contributed by atoms with Crippen molar-refractivity contribution in [1.82, 2.24) is 19.1 Å². The molecule has 2 aromatic heterocycles. The van der Waals surface area contributed by atoms with Crippen molar-refractivity contribution in [2.45, 2.75) is 24.4 Å². The monoisotopic (exact) mass is 426 g/mol. The van der Waals surface area contributed by atoms with Crippen molar-refractivity contribution in [3.05, 3.63) is 91.1 Å². The SMILES string of the molecule is Cc1cccc(Cn2c(SCc3ccc(Cl)cc3)nc3c2c(=O)[nH]c(=O)n3C)c1. The maximum absolute atomic E-state index is 12.6. The van der Waals surface area contributed by atoms with E-state index >= 15 is 0 Å². The smallest absolute Gasteiger partial charge is 0.309 e. The molecule has 2 aromatic carbocycles. The van der Waals surface area contributed by atoms with Crippen molar-refractivity contribution in [3.63, 3.8) is 0 Å². The molecule has 0 unspecified atom stereocenters. The Balaban J connectivity index is 1.80. The van der Waals surface area contributed by atoms with Crippen LogP contribution >= 0.6 is 23.4 Å². The first-order valence-electron chi connectivity index (χ1n) is 9.04. The summed E-state index contributed by atoms with van der Waals surface area (Å²) in [6, 6.07) is 15.7. The highest BCUT2D eigenvalue weighted by molar-refractivity contribution is 7.98. The zero-order valence-electron chi connectivity index (χ0n) is 16.0. The fourth-order valence-corrected chi connectivity index (χ4v) is 4.27. The van der Waals surface area contributed by atoms with E-state index in [4.69, 9.17) is 11.6 Å². The number of benzene rings is 2. The van der Waals surface area contributed by atoms with E-state index in [1.54, 1.807) is 7.05 Å². The van der Waals surface area contributed by atoms with Gasteiger partial charge in [0.05, 0.1) is 6.54 Å². The van der Waals surface area contributed by atoms with Crippen molar-refractivity contribution in [2.24, 2.45) is 7.05 Å². The summed E-state index contributed by atoms with van der Waals surface area (Å²) in [7, 11) is 1.61. The standard InChI is InChI=1S/C21H19ClN4O2S/c1-13-4-3-5-15(10-13)11-26-17-18(25(2)20(28)24-19(17)27)23-21(26)29-12-14-6-8-16(22)9-7-14/h3-10H,11-12H2,1-2H3,(H,24,27,28). The van der Waals surface area contributed by atoms with Crippen LogP contribution in [0.3, 0.4) is 0 Å². The fraction of sp³-hybridized carbons (Fsp3) is 0.190. The summed E-state index contributed by atoms with van der Waals surface area (Å²) in [5.41, 5.74) is 3.17. The number of aryl methyl sites for hydroxylation is 2. The van der Waals surface area contributed by atoms with Gasteiger partial charge in [-0.3, -0.25) is 14.3 Å². The molecule has 148 valence electrons. The van der Waals surface area contributed by atoms with Crippen molar-refractivity contribution in [1.29, 1.82) is 0 Å². The molecule has 0 atom stereocenters. The van der Waals surface area contributed by atoms with Crippen LogP contribution in [0.25, 0.3) is 11.2 Å². The van der Waals surface area contributed by atoms with Crippen LogP contribution in [0.5, 0.6) is 0 Å². The Bertz CT molecular complexity index is 1310. The van der Waals surface area contributed by atoms with Gasteiger partial charge in [-0.2, -0.15) is 0 Å². The topological polar surface area (TPSA) is 72.7 Å². The van der Waals surface area contributed by atoms with Gasteiger partial charge in [0.1, 0.15) is 0 Å². The number of H-pyrrole nitrogens is 1. The minimum absolute atomic E-state index is 0.380. The predicted octanol–water partition coefficient (Wildman–Crippen LogP) is 3.73. The molecule has 0 saturated carbocycles. The van der Waals surface area contributed by atoms with E-state index < -0.39 is 11.2 Å². The zero-order chi connectivity index (χ0) is 20.5. The van der Waals surface area contributed by atoms with Crippen LogP contribution in [0.2, 0.25) is 5.02 Å². The van der Waals surface area contributed by atoms with E-state index in [0.717, 1.165) is 16.7 Å². The van der Waals surface area contributed by atoms with Crippen molar-refractivity contribution < 1.29 is 0 Å². The Morgan fingerprint density at radius 3 is 2.59 bits per heavy atom. The number of hydrogen-bond donors (Lipinski definition) is 1. The molecule has 4 aromatic rings. The molecule has 8 heteroatoms. The quantitative estimate of drug-likeness (QED) is 0.493. The van der Waals surface area contributed by atoms with Gasteiger partial charge in [0.2, 0.25) is 0 Å². The van der Waals surface area contributed by atoms with Crippen LogP contribution < -0.4 is 11.2 Å². The summed E-state index contributed by atoms with van der Waals surface area (Å²) >= 11 is 7.49. The van der Waals surface area contributed by atoms with Crippen LogP contribution in [0.15, 0.2) is 63.3 Å². The lowest BCUT2D eigenvalue weighted by Gasteiger charge is -2.09. The summed E-state index contributed by atoms with van der Waals surface area (Å²) in [6.45, 7) is 2.52. The van der Waals surface area contributed by atoms with Gasteiger partial charge < -0.3 is 4.57 Å². The molecule has 1 N–H and O–H groups in total. The maximum atomic E-state index is 12.6. The average Bonchev–Trinajstić information content (AvgIpc) is 3.05. The van der Waals surface area contributed by atoms with E-state index in [1.807, 2.05) is 54.0 Å². The third-order valence-electron chi connectivity index (χ3n) is 4.68. The maximum Gasteiger partial charge on any atom is 0.329 e. The first-order valence-corrected chi connectivity index (χ1v) is 10.4. The van der Waals surface area contributed by atoms with E-state index in [9.17, 15) is 9.59 Å². The number of nitrogens with zero attached hydrogens (tertiary/aromatic N) is 3. The molecule has 0 spiro atoms. The number of thioether (sulfide) groups is 1. The van der Waals surface area contributed by atoms with Gasteiger partial charge in [-0.05, 0) is 30.2 Å². The van der Waals surface area contributed by atoms with Crippen LogP contribution in [-0.2, 0) is 19.3 Å². The molecular weight excluding hydrogens is 408 g/mol. The Kier molecular flexibility index (Phi) is 5.34. The lowest BCUT2D eigenvalue weighted by molar-refractivity contribution is 0.727. The van der Waals surface area contributed by atoms with Gasteiger partial charge in [0.25, 0.3) is 5.56 Å². The normalized spacial score (nSPS) is 11.3. The summed E-state index contributed by atoms with van der Waals surface area (Å²) in [5.74, 6) is 0.667. The van der Waals surface area contributed by atoms with Crippen LogP contribution in [0.1, 0.15) is 16.7 Å². The highest BCUT2D eigenvalue weighted by atomic mass is 35.5. The molecule has 4 rings (SSSR count). The van der Waals surface area contributed by atoms with Crippen LogP contribution in [0, 0.1) is 6.92 Å². The number of aromatic amines is 1. The van der Waals surface area contributed by atoms with Crippen LogP contribution in [0.4, 0.5) is 0 Å². The molecule has 0 aliphatic heterocycles. The number of fused-ring (bicyclic) bond motifs is 1. The van der Waals surface area contributed by atoms with Gasteiger partial charge in [-0.1, -0.05) is 65.3 Å². The highest BCUT2D eigenvalue weighted by Gasteiger charge is 2.18. The molecule has 0 fully saturated rings. The Morgan fingerprint density at radius 1 is 1.10 bits per heavy atom. The fourth-order valence-electron chi connectivity index (χ4n) is 3.19. The lowest BCUT2D eigenvalue weighted by atomic mass is 10.1. The molecular formula is C21H19ClN4O2S. The molecule has 0 aliphatic rings. The molecule has 0 saturated heterocycles. The highest BCUT2D eigenvalue weighted by Crippen LogP contribution is 2.26. The lowest BCUT2D eigenvalue weighted by Crippen LogP contribution is -2.29. The second-order valence-electron chi connectivity index (χ2n) is 6.88. The minimum Gasteiger partial charge on any atom is -0.309 e. The van der Waals surface area contributed by atoms with Gasteiger partial charge in [0, 0.05) is 17.8 Å². The third-order valence-corrected chi connectivity index (χ3v) is 5.98. The van der Waals surface area contributed by atoms with E-state index in [0.29, 0.717) is 33.6 Å². The zero-order valence-corrected chi connectivity index (χ0v) is 17.5. The van der Waals surface area contributed by atoms with Gasteiger partial charge in [-0.25, -0.2) is 9.78 Å². The largest absolute Gasteiger partial charge is 0.329 e. The molecule has 29 heavy (non-hydrogen) atoms. The Morgan fingerprint density at radius 2 is 1.86 bits per heavy atom. The Hall–Kier alpha value is -2.77. The minimum atomic E-state index is -0.475. The van der Waals surface area contributed by atoms with Gasteiger partial charge in [-0.15, -0.1) is 0 Å². The van der Waals surface area contributed by atoms with Crippen molar-refractivity contribution >= 4 is 34.5 Å². The number of nitrogens with one attached hydrogen (secondary N) is 1.